The highest BCUT2D eigenvalue weighted by Crippen LogP contribution is 2.31. The summed E-state index contributed by atoms with van der Waals surface area (Å²) in [7, 11) is 1.58. The average Bonchev–Trinajstić information content (AvgIpc) is 2.50. The largest absolute Gasteiger partial charge is 0.489 e. The molecule has 0 spiro atoms. The molecule has 6 nitrogen and oxygen atoms in total. The zero-order valence-electron chi connectivity index (χ0n) is 12.4. The van der Waals surface area contributed by atoms with E-state index in [1.54, 1.807) is 26.2 Å². The van der Waals surface area contributed by atoms with Crippen molar-refractivity contribution in [3.8, 4) is 5.75 Å². The number of amides is 1. The number of fused-ring (bicyclic) bond motifs is 1. The molecule has 1 atom stereocenters. The minimum Gasteiger partial charge on any atom is -0.489 e. The third-order valence-electron chi connectivity index (χ3n) is 3.40. The van der Waals surface area contributed by atoms with Crippen LogP contribution in [0.25, 0.3) is 0 Å². The standard InChI is InChI=1S/C15H22N2O4/c1-15(19,6-8-20-2)10-17-14(18)11-4-3-5-12-13(11)21-9-7-16-12/h3-5,16,19H,6-10H2,1-2H3,(H,17,18). The van der Waals surface area contributed by atoms with Crippen molar-refractivity contribution in [2.75, 3.05) is 38.7 Å². The maximum atomic E-state index is 12.3. The number of para-hydroxylation sites is 1. The van der Waals surface area contributed by atoms with E-state index in [1.165, 1.54) is 0 Å². The summed E-state index contributed by atoms with van der Waals surface area (Å²) in [5, 5.41) is 16.1. The highest BCUT2D eigenvalue weighted by molar-refractivity contribution is 5.99. The van der Waals surface area contributed by atoms with Gasteiger partial charge in [-0.15, -0.1) is 0 Å². The smallest absolute Gasteiger partial charge is 0.255 e. The Morgan fingerprint density at radius 2 is 2.38 bits per heavy atom. The summed E-state index contributed by atoms with van der Waals surface area (Å²) in [4.78, 5) is 12.3. The molecule has 116 valence electrons. The second-order valence-electron chi connectivity index (χ2n) is 5.38. The van der Waals surface area contributed by atoms with Gasteiger partial charge in [-0.25, -0.2) is 0 Å². The van der Waals surface area contributed by atoms with Gasteiger partial charge in [0.2, 0.25) is 0 Å². The molecule has 1 heterocycles. The van der Waals surface area contributed by atoms with Crippen LogP contribution in [0.5, 0.6) is 5.75 Å². The van der Waals surface area contributed by atoms with E-state index in [9.17, 15) is 9.90 Å². The lowest BCUT2D eigenvalue weighted by atomic mass is 10.0. The normalized spacial score (nSPS) is 16.1. The highest BCUT2D eigenvalue weighted by atomic mass is 16.5. The van der Waals surface area contributed by atoms with Gasteiger partial charge in [0, 0.05) is 33.2 Å². The first kappa shape index (κ1) is 15.6. The minimum absolute atomic E-state index is 0.159. The van der Waals surface area contributed by atoms with Crippen molar-refractivity contribution < 1.29 is 19.4 Å². The predicted molar refractivity (Wildman–Crippen MR) is 79.9 cm³/mol. The molecule has 1 aromatic rings. The van der Waals surface area contributed by atoms with Crippen LogP contribution in [0.3, 0.4) is 0 Å². The molecular weight excluding hydrogens is 272 g/mol. The number of nitrogens with one attached hydrogen (secondary N) is 2. The molecule has 3 N–H and O–H groups in total. The summed E-state index contributed by atoms with van der Waals surface area (Å²) in [6.07, 6.45) is 0.453. The lowest BCUT2D eigenvalue weighted by molar-refractivity contribution is 0.0243. The van der Waals surface area contributed by atoms with Gasteiger partial charge in [0.05, 0.1) is 16.9 Å². The molecule has 0 saturated carbocycles. The molecule has 0 aromatic heterocycles. The molecule has 2 rings (SSSR count). The molecule has 1 aromatic carbocycles. The summed E-state index contributed by atoms with van der Waals surface area (Å²) >= 11 is 0. The van der Waals surface area contributed by atoms with E-state index in [0.29, 0.717) is 30.9 Å². The van der Waals surface area contributed by atoms with Crippen LogP contribution in [0.15, 0.2) is 18.2 Å². The number of carbonyl (C=O) groups is 1. The molecule has 0 bridgehead atoms. The van der Waals surface area contributed by atoms with E-state index in [0.717, 1.165) is 12.2 Å². The van der Waals surface area contributed by atoms with E-state index >= 15 is 0 Å². The maximum Gasteiger partial charge on any atom is 0.255 e. The van der Waals surface area contributed by atoms with Gasteiger partial charge >= 0.3 is 0 Å². The second kappa shape index (κ2) is 6.78. The van der Waals surface area contributed by atoms with Crippen LogP contribution in [-0.2, 0) is 4.74 Å². The van der Waals surface area contributed by atoms with Crippen LogP contribution >= 0.6 is 0 Å². The van der Waals surface area contributed by atoms with Crippen LogP contribution in [-0.4, -0.2) is 50.0 Å². The van der Waals surface area contributed by atoms with Gasteiger partial charge in [-0.2, -0.15) is 0 Å². The van der Waals surface area contributed by atoms with Crippen LogP contribution < -0.4 is 15.4 Å². The molecule has 1 amide bonds. The Kier molecular flexibility index (Phi) is 5.03. The summed E-state index contributed by atoms with van der Waals surface area (Å²) in [5.74, 6) is 0.311. The third-order valence-corrected chi connectivity index (χ3v) is 3.40. The van der Waals surface area contributed by atoms with Crippen LogP contribution in [0, 0.1) is 0 Å². The zero-order chi connectivity index (χ0) is 15.3. The minimum atomic E-state index is -1.00. The molecule has 0 aliphatic carbocycles. The van der Waals surface area contributed by atoms with E-state index in [4.69, 9.17) is 9.47 Å². The molecule has 0 fully saturated rings. The van der Waals surface area contributed by atoms with Gasteiger partial charge in [-0.3, -0.25) is 4.79 Å². The van der Waals surface area contributed by atoms with Crippen LogP contribution in [0.4, 0.5) is 5.69 Å². The monoisotopic (exact) mass is 294 g/mol. The molecule has 0 radical (unpaired) electrons. The molecule has 0 saturated heterocycles. The number of methoxy groups -OCH3 is 1. The first-order chi connectivity index (χ1) is 10.0. The lowest BCUT2D eigenvalue weighted by Gasteiger charge is -2.24. The van der Waals surface area contributed by atoms with Crippen molar-refractivity contribution in [1.82, 2.24) is 5.32 Å². The Bertz CT molecular complexity index is 502. The van der Waals surface area contributed by atoms with Gasteiger partial charge in [-0.05, 0) is 19.1 Å². The fraction of sp³-hybridized carbons (Fsp3) is 0.533. The number of benzene rings is 1. The average molecular weight is 294 g/mol. The highest BCUT2D eigenvalue weighted by Gasteiger charge is 2.23. The van der Waals surface area contributed by atoms with Gasteiger partial charge in [0.1, 0.15) is 6.61 Å². The second-order valence-corrected chi connectivity index (χ2v) is 5.38. The third kappa shape index (κ3) is 4.09. The number of aliphatic hydroxyl groups is 1. The van der Waals surface area contributed by atoms with Gasteiger partial charge in [-0.1, -0.05) is 6.07 Å². The van der Waals surface area contributed by atoms with E-state index < -0.39 is 5.60 Å². The van der Waals surface area contributed by atoms with Crippen LogP contribution in [0.2, 0.25) is 0 Å². The summed E-state index contributed by atoms with van der Waals surface area (Å²) in [5.41, 5.74) is 0.293. The Balaban J connectivity index is 2.01. The van der Waals surface area contributed by atoms with Crippen molar-refractivity contribution in [1.29, 1.82) is 0 Å². The molecule has 1 aliphatic rings. The molecule has 6 heteroatoms. The SMILES string of the molecule is COCCC(C)(O)CNC(=O)c1cccc2c1OCCN2. The zero-order valence-corrected chi connectivity index (χ0v) is 12.4. The maximum absolute atomic E-state index is 12.3. The first-order valence-electron chi connectivity index (χ1n) is 7.03. The molecular formula is C15H22N2O4. The van der Waals surface area contributed by atoms with Crippen LogP contribution in [0.1, 0.15) is 23.7 Å². The predicted octanol–water partition coefficient (Wildman–Crippen LogP) is 1.01. The topological polar surface area (TPSA) is 79.8 Å². The van der Waals surface area contributed by atoms with Gasteiger partial charge in [0.25, 0.3) is 5.91 Å². The van der Waals surface area contributed by atoms with Crippen molar-refractivity contribution in [3.63, 3.8) is 0 Å². The summed E-state index contributed by atoms with van der Waals surface area (Å²) in [6.45, 7) is 3.53. The van der Waals surface area contributed by atoms with E-state index in [-0.39, 0.29) is 12.5 Å². The number of hydrogen-bond donors (Lipinski definition) is 3. The molecule has 21 heavy (non-hydrogen) atoms. The fourth-order valence-electron chi connectivity index (χ4n) is 2.13. The van der Waals surface area contributed by atoms with Crippen molar-refractivity contribution in [2.24, 2.45) is 0 Å². The Morgan fingerprint density at radius 3 is 3.14 bits per heavy atom. The van der Waals surface area contributed by atoms with Gasteiger partial charge < -0.3 is 25.2 Å². The quantitative estimate of drug-likeness (QED) is 0.729. The van der Waals surface area contributed by atoms with Crippen molar-refractivity contribution in [2.45, 2.75) is 18.9 Å². The Labute approximate surface area is 124 Å². The summed E-state index contributed by atoms with van der Waals surface area (Å²) < 4.78 is 10.5. The number of hydrogen-bond acceptors (Lipinski definition) is 5. The van der Waals surface area contributed by atoms with Crippen molar-refractivity contribution >= 4 is 11.6 Å². The number of rotatable bonds is 6. The van der Waals surface area contributed by atoms with Crippen molar-refractivity contribution in [3.05, 3.63) is 23.8 Å². The number of anilines is 1. The summed E-state index contributed by atoms with van der Waals surface area (Å²) in [6, 6.07) is 5.39. The number of carbonyl (C=O) groups excluding carboxylic acids is 1. The lowest BCUT2D eigenvalue weighted by Crippen LogP contribution is -2.41. The van der Waals surface area contributed by atoms with E-state index in [2.05, 4.69) is 10.6 Å². The fourth-order valence-corrected chi connectivity index (χ4v) is 2.13. The molecule has 1 aliphatic heterocycles. The Morgan fingerprint density at radius 1 is 1.57 bits per heavy atom. The van der Waals surface area contributed by atoms with E-state index in [1.807, 2.05) is 6.07 Å². The Hall–Kier alpha value is -1.79. The molecule has 1 unspecified atom stereocenters. The number of ether oxygens (including phenoxy) is 2. The van der Waals surface area contributed by atoms with Gasteiger partial charge in [0.15, 0.2) is 5.75 Å². The first-order valence-corrected chi connectivity index (χ1v) is 7.03.